The van der Waals surface area contributed by atoms with E-state index in [9.17, 15) is 14.6 Å². The largest absolute Gasteiger partial charge is 0.472 e. The number of hydrogen-bond donors (Lipinski definition) is 2. The predicted octanol–water partition coefficient (Wildman–Crippen LogP) is 6.57. The van der Waals surface area contributed by atoms with Crippen LogP contribution in [0.4, 0.5) is 0 Å². The molecule has 0 saturated heterocycles. The normalized spacial score (nSPS) is 15.4. The Bertz CT molecular complexity index is 630. The van der Waals surface area contributed by atoms with E-state index in [1.54, 1.807) is 0 Å². The number of phosphoric acid groups is 1. The van der Waals surface area contributed by atoms with Crippen LogP contribution in [0.25, 0.3) is 0 Å². The first kappa shape index (κ1) is 35.2. The molecule has 2 unspecified atom stereocenters. The van der Waals surface area contributed by atoms with Crippen molar-refractivity contribution in [2.24, 2.45) is 0 Å². The topological polar surface area (TPSA) is 85.2 Å². The van der Waals surface area contributed by atoms with Crippen LogP contribution in [0.15, 0.2) is 36.5 Å². The van der Waals surface area contributed by atoms with Crippen LogP contribution < -0.4 is 0 Å². The van der Waals surface area contributed by atoms with Gasteiger partial charge in [-0.1, -0.05) is 81.9 Å². The fraction of sp³-hybridized carbons (Fsp3) is 0.786. The minimum Gasteiger partial charge on any atom is -0.388 e. The lowest BCUT2D eigenvalue weighted by Crippen LogP contribution is -2.37. The van der Waals surface area contributed by atoms with E-state index in [1.165, 1.54) is 44.9 Å². The summed E-state index contributed by atoms with van der Waals surface area (Å²) in [7, 11) is 1.74. The second-order valence-electron chi connectivity index (χ2n) is 10.3. The Morgan fingerprint density at radius 3 is 1.92 bits per heavy atom. The molecule has 0 aliphatic carbocycles. The molecule has 0 aliphatic heterocycles. The maximum Gasteiger partial charge on any atom is 0.472 e. The monoisotopic (exact) mass is 532 g/mol. The van der Waals surface area contributed by atoms with Crippen molar-refractivity contribution in [2.75, 3.05) is 54.1 Å². The van der Waals surface area contributed by atoms with Gasteiger partial charge in [-0.05, 0) is 38.5 Å². The standard InChI is InChI=1S/C28H54NO6P/c1-5-6-7-8-9-10-11-12-13-14-15-16-17-18-19-20-21-22-24-33-26-28(30)27-35-36(31,32)34-25-23-29(2,3)4/h6-7,9-10,12-13,28,30H,5,8,11,14-27H2,1-4H3/p+1/b7-6-,10-9-,13-12-. The van der Waals surface area contributed by atoms with E-state index < -0.39 is 13.9 Å². The molecule has 0 heterocycles. The van der Waals surface area contributed by atoms with E-state index >= 15 is 0 Å². The fourth-order valence-corrected chi connectivity index (χ4v) is 4.02. The summed E-state index contributed by atoms with van der Waals surface area (Å²) < 4.78 is 27.6. The van der Waals surface area contributed by atoms with Crippen LogP contribution in [0.2, 0.25) is 0 Å². The van der Waals surface area contributed by atoms with Gasteiger partial charge in [-0.2, -0.15) is 0 Å². The van der Waals surface area contributed by atoms with Crippen molar-refractivity contribution in [3.8, 4) is 0 Å². The van der Waals surface area contributed by atoms with Crippen molar-refractivity contribution >= 4 is 7.82 Å². The van der Waals surface area contributed by atoms with E-state index in [0.29, 0.717) is 17.6 Å². The van der Waals surface area contributed by atoms with Gasteiger partial charge in [0.15, 0.2) is 0 Å². The first-order chi connectivity index (χ1) is 17.2. The molecule has 2 N–H and O–H groups in total. The van der Waals surface area contributed by atoms with Gasteiger partial charge in [0.05, 0.1) is 34.4 Å². The van der Waals surface area contributed by atoms with Crippen LogP contribution in [-0.4, -0.2) is 74.7 Å². The Morgan fingerprint density at radius 2 is 1.31 bits per heavy atom. The molecule has 0 spiro atoms. The van der Waals surface area contributed by atoms with Crippen LogP contribution in [-0.2, 0) is 18.3 Å². The molecule has 0 bridgehead atoms. The van der Waals surface area contributed by atoms with Crippen LogP contribution in [0, 0.1) is 0 Å². The highest BCUT2D eigenvalue weighted by Crippen LogP contribution is 2.43. The van der Waals surface area contributed by atoms with Gasteiger partial charge in [0.2, 0.25) is 0 Å². The third kappa shape index (κ3) is 27.8. The van der Waals surface area contributed by atoms with Gasteiger partial charge in [-0.15, -0.1) is 0 Å². The average molecular weight is 533 g/mol. The van der Waals surface area contributed by atoms with Gasteiger partial charge in [0.25, 0.3) is 0 Å². The van der Waals surface area contributed by atoms with Crippen LogP contribution >= 0.6 is 7.82 Å². The second-order valence-corrected chi connectivity index (χ2v) is 11.7. The third-order valence-electron chi connectivity index (χ3n) is 5.45. The number of allylic oxidation sites excluding steroid dienone is 6. The van der Waals surface area contributed by atoms with Gasteiger partial charge in [0.1, 0.15) is 19.3 Å². The van der Waals surface area contributed by atoms with Gasteiger partial charge in [-0.25, -0.2) is 4.57 Å². The van der Waals surface area contributed by atoms with Crippen molar-refractivity contribution in [1.29, 1.82) is 0 Å². The number of ether oxygens (including phenoxy) is 1. The molecule has 2 atom stereocenters. The zero-order valence-corrected chi connectivity index (χ0v) is 24.4. The lowest BCUT2D eigenvalue weighted by Gasteiger charge is -2.24. The van der Waals surface area contributed by atoms with E-state index in [1.807, 2.05) is 21.1 Å². The Labute approximate surface area is 221 Å². The number of aliphatic hydroxyl groups is 1. The maximum atomic E-state index is 11.8. The number of nitrogens with zero attached hydrogens (tertiary/aromatic N) is 1. The molecule has 0 aromatic carbocycles. The first-order valence-electron chi connectivity index (χ1n) is 13.8. The molecule has 7 nitrogen and oxygen atoms in total. The summed E-state index contributed by atoms with van der Waals surface area (Å²) in [5, 5.41) is 9.87. The van der Waals surface area contributed by atoms with E-state index in [-0.39, 0.29) is 19.8 Å². The van der Waals surface area contributed by atoms with E-state index in [0.717, 1.165) is 32.1 Å². The number of rotatable bonds is 25. The predicted molar refractivity (Wildman–Crippen MR) is 150 cm³/mol. The highest BCUT2D eigenvalue weighted by molar-refractivity contribution is 7.47. The van der Waals surface area contributed by atoms with E-state index in [4.69, 9.17) is 13.8 Å². The molecular formula is C28H55NO6P+. The van der Waals surface area contributed by atoms with Crippen molar-refractivity contribution in [3.63, 3.8) is 0 Å². The molecular weight excluding hydrogens is 477 g/mol. The molecule has 0 aromatic rings. The lowest BCUT2D eigenvalue weighted by atomic mass is 10.1. The Kier molecular flexibility index (Phi) is 22.8. The summed E-state index contributed by atoms with van der Waals surface area (Å²) in [6.07, 6.45) is 26.5. The van der Waals surface area contributed by atoms with Crippen LogP contribution in [0.1, 0.15) is 84.0 Å². The second kappa shape index (κ2) is 23.3. The molecule has 0 aliphatic rings. The molecule has 0 amide bonds. The molecule has 8 heteroatoms. The van der Waals surface area contributed by atoms with Crippen molar-refractivity contribution < 1.29 is 32.8 Å². The van der Waals surface area contributed by atoms with Crippen LogP contribution in [0.5, 0.6) is 0 Å². The van der Waals surface area contributed by atoms with Gasteiger partial charge < -0.3 is 19.2 Å². The minimum absolute atomic E-state index is 0.0833. The smallest absolute Gasteiger partial charge is 0.388 e. The number of unbranched alkanes of at least 4 members (excludes halogenated alkanes) is 8. The van der Waals surface area contributed by atoms with Crippen molar-refractivity contribution in [2.45, 2.75) is 90.1 Å². The minimum atomic E-state index is -4.15. The van der Waals surface area contributed by atoms with Crippen molar-refractivity contribution in [1.82, 2.24) is 0 Å². The molecule has 0 aromatic heterocycles. The number of hydrogen-bond acceptors (Lipinski definition) is 5. The molecule has 0 saturated carbocycles. The number of aliphatic hydroxyl groups excluding tert-OH is 1. The molecule has 0 rings (SSSR count). The van der Waals surface area contributed by atoms with Gasteiger partial charge in [0, 0.05) is 6.61 Å². The highest BCUT2D eigenvalue weighted by atomic mass is 31.2. The Morgan fingerprint density at radius 1 is 0.750 bits per heavy atom. The lowest BCUT2D eigenvalue weighted by molar-refractivity contribution is -0.870. The Balaban J connectivity index is 3.45. The third-order valence-corrected chi connectivity index (χ3v) is 6.43. The summed E-state index contributed by atoms with van der Waals surface area (Å²) in [6.45, 7) is 3.21. The van der Waals surface area contributed by atoms with Crippen LogP contribution in [0.3, 0.4) is 0 Å². The highest BCUT2D eigenvalue weighted by Gasteiger charge is 2.24. The molecule has 212 valence electrons. The summed E-state index contributed by atoms with van der Waals surface area (Å²) in [4.78, 5) is 9.65. The fourth-order valence-electron chi connectivity index (χ4n) is 3.27. The van der Waals surface area contributed by atoms with E-state index in [2.05, 4.69) is 43.4 Å². The van der Waals surface area contributed by atoms with Crippen molar-refractivity contribution in [3.05, 3.63) is 36.5 Å². The number of likely N-dealkylation sites (N-methyl/N-ethyl adjacent to an activating group) is 1. The summed E-state index contributed by atoms with van der Waals surface area (Å²) >= 11 is 0. The summed E-state index contributed by atoms with van der Waals surface area (Å²) in [5.41, 5.74) is 0. The first-order valence-corrected chi connectivity index (χ1v) is 15.3. The number of phosphoric ester groups is 1. The number of quaternary nitrogens is 1. The molecule has 36 heavy (non-hydrogen) atoms. The average Bonchev–Trinajstić information content (AvgIpc) is 2.80. The zero-order valence-electron chi connectivity index (χ0n) is 23.5. The quantitative estimate of drug-likeness (QED) is 0.0598. The summed E-state index contributed by atoms with van der Waals surface area (Å²) in [6, 6.07) is 0. The SMILES string of the molecule is CC/C=C\C/C=C\C/C=C\CCCCCCCCCCOCC(O)COP(=O)(O)OCC[N+](C)(C)C. The molecule has 0 radical (unpaired) electrons. The van der Waals surface area contributed by atoms with Gasteiger partial charge >= 0.3 is 7.82 Å². The Hall–Kier alpha value is -0.790. The maximum absolute atomic E-state index is 11.8. The van der Waals surface area contributed by atoms with Gasteiger partial charge in [-0.3, -0.25) is 9.05 Å². The summed E-state index contributed by atoms with van der Waals surface area (Å²) in [5.74, 6) is 0. The molecule has 0 fully saturated rings. The zero-order chi connectivity index (χ0) is 27.0.